The summed E-state index contributed by atoms with van der Waals surface area (Å²) in [6, 6.07) is 6.29. The van der Waals surface area contributed by atoms with Gasteiger partial charge in [0.05, 0.1) is 6.61 Å². The molecule has 0 aliphatic heterocycles. The lowest BCUT2D eigenvalue weighted by molar-refractivity contribution is 0.304. The molecule has 0 atom stereocenters. The van der Waals surface area contributed by atoms with E-state index in [2.05, 4.69) is 0 Å². The Hall–Kier alpha value is -1.09. The molecule has 3 heteroatoms. The predicted octanol–water partition coefficient (Wildman–Crippen LogP) is 1.25. The van der Waals surface area contributed by atoms with Crippen LogP contribution in [0.15, 0.2) is 24.3 Å². The van der Waals surface area contributed by atoms with Crippen LogP contribution in [-0.2, 0) is 0 Å². The van der Waals surface area contributed by atoms with E-state index in [1.807, 2.05) is 7.05 Å². The molecule has 0 aliphatic carbocycles. The van der Waals surface area contributed by atoms with Crippen LogP contribution < -0.4 is 4.90 Å². The largest absolute Gasteiger partial charge is 0.395 e. The zero-order valence-electron chi connectivity index (χ0n) is 7.00. The zero-order chi connectivity index (χ0) is 8.97. The molecule has 0 saturated heterocycles. The topological polar surface area (TPSA) is 23.5 Å². The van der Waals surface area contributed by atoms with Gasteiger partial charge in [-0.2, -0.15) is 0 Å². The van der Waals surface area contributed by atoms with Crippen LogP contribution in [0.2, 0.25) is 0 Å². The van der Waals surface area contributed by atoms with Crippen LogP contribution in [0.25, 0.3) is 0 Å². The molecule has 1 rings (SSSR count). The molecule has 0 unspecified atom stereocenters. The summed E-state index contributed by atoms with van der Waals surface area (Å²) in [4.78, 5) is 1.79. The van der Waals surface area contributed by atoms with Gasteiger partial charge >= 0.3 is 0 Å². The van der Waals surface area contributed by atoms with Crippen LogP contribution in [0.5, 0.6) is 0 Å². The van der Waals surface area contributed by atoms with E-state index in [4.69, 9.17) is 5.11 Å². The quantitative estimate of drug-likeness (QED) is 0.736. The van der Waals surface area contributed by atoms with Gasteiger partial charge in [0.25, 0.3) is 0 Å². The van der Waals surface area contributed by atoms with Crippen LogP contribution in [0.4, 0.5) is 10.1 Å². The first-order chi connectivity index (χ1) is 5.74. The number of hydrogen-bond donors (Lipinski definition) is 1. The summed E-state index contributed by atoms with van der Waals surface area (Å²) in [7, 11) is 1.81. The molecule has 0 amide bonds. The summed E-state index contributed by atoms with van der Waals surface area (Å²) >= 11 is 0. The molecule has 12 heavy (non-hydrogen) atoms. The van der Waals surface area contributed by atoms with Gasteiger partial charge in [0, 0.05) is 19.3 Å². The van der Waals surface area contributed by atoms with Crippen LogP contribution in [-0.4, -0.2) is 25.3 Å². The number of anilines is 1. The number of hydrogen-bond acceptors (Lipinski definition) is 2. The first kappa shape index (κ1) is 9.00. The molecular formula is C9H12FNO. The third kappa shape index (κ3) is 2.20. The lowest BCUT2D eigenvalue weighted by Crippen LogP contribution is -2.20. The van der Waals surface area contributed by atoms with Gasteiger partial charge in [-0.3, -0.25) is 0 Å². The second-order valence-electron chi connectivity index (χ2n) is 2.63. The molecule has 1 N–H and O–H groups in total. The van der Waals surface area contributed by atoms with Gasteiger partial charge in [0.1, 0.15) is 5.82 Å². The van der Waals surface area contributed by atoms with Gasteiger partial charge < -0.3 is 10.0 Å². The molecule has 0 heterocycles. The maximum absolute atomic E-state index is 12.7. The number of halogens is 1. The molecule has 1 aromatic carbocycles. The first-order valence-electron chi connectivity index (χ1n) is 3.81. The van der Waals surface area contributed by atoms with Crippen LogP contribution in [0, 0.1) is 5.82 Å². The molecule has 0 fully saturated rings. The first-order valence-corrected chi connectivity index (χ1v) is 3.81. The fraction of sp³-hybridized carbons (Fsp3) is 0.333. The summed E-state index contributed by atoms with van der Waals surface area (Å²) in [5.74, 6) is -0.253. The molecule has 0 radical (unpaired) electrons. The van der Waals surface area contributed by atoms with Crippen LogP contribution in [0.3, 0.4) is 0 Å². The van der Waals surface area contributed by atoms with Gasteiger partial charge in [-0.1, -0.05) is 6.07 Å². The highest BCUT2D eigenvalue weighted by Gasteiger charge is 1.99. The molecule has 0 aromatic heterocycles. The zero-order valence-corrected chi connectivity index (χ0v) is 7.00. The van der Waals surface area contributed by atoms with E-state index in [0.29, 0.717) is 6.54 Å². The van der Waals surface area contributed by atoms with E-state index in [0.717, 1.165) is 5.69 Å². The van der Waals surface area contributed by atoms with Crippen molar-refractivity contribution in [2.24, 2.45) is 0 Å². The van der Waals surface area contributed by atoms with Crippen LogP contribution >= 0.6 is 0 Å². The molecule has 2 nitrogen and oxygen atoms in total. The Morgan fingerprint density at radius 3 is 2.83 bits per heavy atom. The number of aliphatic hydroxyl groups is 1. The minimum Gasteiger partial charge on any atom is -0.395 e. The lowest BCUT2D eigenvalue weighted by Gasteiger charge is -2.17. The molecule has 1 aromatic rings. The Balaban J connectivity index is 2.73. The molecule has 0 spiro atoms. The number of rotatable bonds is 3. The maximum atomic E-state index is 12.7. The van der Waals surface area contributed by atoms with Crippen molar-refractivity contribution in [1.82, 2.24) is 0 Å². The Labute approximate surface area is 71.2 Å². The van der Waals surface area contributed by atoms with E-state index in [1.165, 1.54) is 12.1 Å². The van der Waals surface area contributed by atoms with Crippen molar-refractivity contribution in [3.63, 3.8) is 0 Å². The fourth-order valence-corrected chi connectivity index (χ4v) is 0.993. The summed E-state index contributed by atoms with van der Waals surface area (Å²) < 4.78 is 12.7. The van der Waals surface area contributed by atoms with E-state index >= 15 is 0 Å². The second-order valence-corrected chi connectivity index (χ2v) is 2.63. The fourth-order valence-electron chi connectivity index (χ4n) is 0.993. The normalized spacial score (nSPS) is 9.92. The summed E-state index contributed by atoms with van der Waals surface area (Å²) in [6.45, 7) is 0.594. The minimum absolute atomic E-state index is 0.0764. The third-order valence-corrected chi connectivity index (χ3v) is 1.68. The van der Waals surface area contributed by atoms with Gasteiger partial charge in [-0.25, -0.2) is 4.39 Å². The van der Waals surface area contributed by atoms with Crippen molar-refractivity contribution in [3.05, 3.63) is 30.1 Å². The van der Waals surface area contributed by atoms with Gasteiger partial charge in [0.2, 0.25) is 0 Å². The van der Waals surface area contributed by atoms with Gasteiger partial charge in [-0.15, -0.1) is 0 Å². The van der Waals surface area contributed by atoms with Crippen molar-refractivity contribution in [1.29, 1.82) is 0 Å². The maximum Gasteiger partial charge on any atom is 0.125 e. The van der Waals surface area contributed by atoms with Crippen molar-refractivity contribution >= 4 is 5.69 Å². The van der Waals surface area contributed by atoms with Crippen molar-refractivity contribution in [2.75, 3.05) is 25.1 Å². The van der Waals surface area contributed by atoms with E-state index < -0.39 is 0 Å². The Bertz CT molecular complexity index is 252. The highest BCUT2D eigenvalue weighted by Crippen LogP contribution is 2.12. The average Bonchev–Trinajstić information content (AvgIpc) is 2.05. The summed E-state index contributed by atoms with van der Waals surface area (Å²) in [5, 5.41) is 8.63. The van der Waals surface area contributed by atoms with E-state index in [-0.39, 0.29) is 12.4 Å². The predicted molar refractivity (Wildman–Crippen MR) is 46.8 cm³/mol. The van der Waals surface area contributed by atoms with Gasteiger partial charge in [0.15, 0.2) is 0 Å². The van der Waals surface area contributed by atoms with Crippen molar-refractivity contribution in [2.45, 2.75) is 0 Å². The number of aliphatic hydroxyl groups excluding tert-OH is 1. The molecular weight excluding hydrogens is 157 g/mol. The van der Waals surface area contributed by atoms with Gasteiger partial charge in [-0.05, 0) is 18.2 Å². The average molecular weight is 169 g/mol. The second kappa shape index (κ2) is 4.07. The van der Waals surface area contributed by atoms with E-state index in [9.17, 15) is 4.39 Å². The van der Waals surface area contributed by atoms with Crippen LogP contribution in [0.1, 0.15) is 0 Å². The molecule has 66 valence electrons. The Morgan fingerprint density at radius 2 is 2.25 bits per heavy atom. The van der Waals surface area contributed by atoms with E-state index in [1.54, 1.807) is 17.0 Å². The molecule has 0 bridgehead atoms. The smallest absolute Gasteiger partial charge is 0.125 e. The monoisotopic (exact) mass is 169 g/mol. The number of likely N-dealkylation sites (N-methyl/N-ethyl adjacent to an activating group) is 1. The molecule has 0 aliphatic rings. The summed E-state index contributed by atoms with van der Waals surface area (Å²) in [5.41, 5.74) is 0.782. The molecule has 0 saturated carbocycles. The summed E-state index contributed by atoms with van der Waals surface area (Å²) in [6.07, 6.45) is 0. The highest BCUT2D eigenvalue weighted by atomic mass is 19.1. The Morgan fingerprint density at radius 1 is 1.50 bits per heavy atom. The SMILES string of the molecule is CN(CCO)c1cccc(F)c1. The minimum atomic E-state index is -0.253. The van der Waals surface area contributed by atoms with Crippen molar-refractivity contribution < 1.29 is 9.50 Å². The Kier molecular flexibility index (Phi) is 3.05. The standard InChI is InChI=1S/C9H12FNO/c1-11(5-6-12)9-4-2-3-8(10)7-9/h2-4,7,12H,5-6H2,1H3. The third-order valence-electron chi connectivity index (χ3n) is 1.68. The lowest BCUT2D eigenvalue weighted by atomic mass is 10.3. The number of nitrogens with zero attached hydrogens (tertiary/aromatic N) is 1. The van der Waals surface area contributed by atoms with Crippen molar-refractivity contribution in [3.8, 4) is 0 Å². The number of benzene rings is 1. The highest BCUT2D eigenvalue weighted by molar-refractivity contribution is 5.45.